The molecule has 1 amide bonds. The minimum absolute atomic E-state index is 0.0103. The number of aromatic nitrogens is 1. The van der Waals surface area contributed by atoms with E-state index in [4.69, 9.17) is 16.6 Å². The minimum Gasteiger partial charge on any atom is -0.309 e. The average Bonchev–Trinajstić information content (AvgIpc) is 3.07. The van der Waals surface area contributed by atoms with Gasteiger partial charge in [0.25, 0.3) is 5.91 Å². The van der Waals surface area contributed by atoms with E-state index in [1.54, 1.807) is 16.7 Å². The van der Waals surface area contributed by atoms with Crippen molar-refractivity contribution >= 4 is 56.0 Å². The number of carbonyl (C=O) groups is 1. The lowest BCUT2D eigenvalue weighted by Crippen LogP contribution is -2.33. The van der Waals surface area contributed by atoms with Crippen molar-refractivity contribution in [2.45, 2.75) is 11.3 Å². The normalized spacial score (nSPS) is 11.3. The van der Waals surface area contributed by atoms with Crippen molar-refractivity contribution < 1.29 is 4.79 Å². The summed E-state index contributed by atoms with van der Waals surface area (Å²) in [5.74, 6) is -0.0103. The molecule has 0 N–H and O–H groups in total. The van der Waals surface area contributed by atoms with E-state index in [1.165, 1.54) is 11.3 Å². The number of thioether (sulfide) groups is 1. The standard InChI is InChI=1S/C20H22ClN3OS2/c1-23(2)11-6-12-24(19(25)15-7-4-5-8-17(15)26-3)20-22-16-10-9-14(21)13-18(16)27-20/h4-5,7-10,13H,6,11-12H2,1-3H3. The van der Waals surface area contributed by atoms with Crippen LogP contribution in [0.2, 0.25) is 5.02 Å². The molecule has 1 heterocycles. The third-order valence-electron chi connectivity index (χ3n) is 4.14. The van der Waals surface area contributed by atoms with Gasteiger partial charge in [-0.05, 0) is 63.6 Å². The number of nitrogens with zero attached hydrogens (tertiary/aromatic N) is 3. The summed E-state index contributed by atoms with van der Waals surface area (Å²) in [5.41, 5.74) is 1.58. The van der Waals surface area contributed by atoms with E-state index in [1.807, 2.05) is 62.8 Å². The fourth-order valence-corrected chi connectivity index (χ4v) is 4.65. The zero-order valence-corrected chi connectivity index (χ0v) is 18.0. The van der Waals surface area contributed by atoms with Crippen molar-refractivity contribution in [2.24, 2.45) is 0 Å². The SMILES string of the molecule is CSc1ccccc1C(=O)N(CCCN(C)C)c1nc2ccc(Cl)cc2s1. The van der Waals surface area contributed by atoms with Gasteiger partial charge in [-0.25, -0.2) is 4.98 Å². The third-order valence-corrected chi connectivity index (χ3v) is 6.21. The monoisotopic (exact) mass is 419 g/mol. The second kappa shape index (κ2) is 9.06. The van der Waals surface area contributed by atoms with Crippen LogP contribution in [0.3, 0.4) is 0 Å². The molecule has 7 heteroatoms. The molecule has 0 atom stereocenters. The average molecular weight is 420 g/mol. The maximum absolute atomic E-state index is 13.4. The van der Waals surface area contributed by atoms with Gasteiger partial charge in [0.1, 0.15) is 0 Å². The number of hydrogen-bond donors (Lipinski definition) is 0. The Labute approximate surface area is 173 Å². The van der Waals surface area contributed by atoms with Crippen LogP contribution < -0.4 is 4.90 Å². The Balaban J connectivity index is 1.97. The minimum atomic E-state index is -0.0103. The first kappa shape index (κ1) is 20.1. The third kappa shape index (κ3) is 4.82. The van der Waals surface area contributed by atoms with Gasteiger partial charge in [-0.2, -0.15) is 0 Å². The number of hydrogen-bond acceptors (Lipinski definition) is 5. The van der Waals surface area contributed by atoms with Crippen LogP contribution in [0.4, 0.5) is 5.13 Å². The zero-order chi connectivity index (χ0) is 19.4. The van der Waals surface area contributed by atoms with Crippen molar-refractivity contribution in [3.8, 4) is 0 Å². The number of fused-ring (bicyclic) bond motifs is 1. The molecule has 142 valence electrons. The molecule has 0 saturated carbocycles. The molecule has 0 unspecified atom stereocenters. The van der Waals surface area contributed by atoms with Crippen LogP contribution in [0.5, 0.6) is 0 Å². The summed E-state index contributed by atoms with van der Waals surface area (Å²) in [7, 11) is 4.07. The van der Waals surface area contributed by atoms with Crippen LogP contribution in [-0.2, 0) is 0 Å². The highest BCUT2D eigenvalue weighted by atomic mass is 35.5. The van der Waals surface area contributed by atoms with Gasteiger partial charge in [0, 0.05) is 16.5 Å². The lowest BCUT2D eigenvalue weighted by Gasteiger charge is -2.22. The number of amides is 1. The van der Waals surface area contributed by atoms with E-state index in [0.29, 0.717) is 22.3 Å². The van der Waals surface area contributed by atoms with Gasteiger partial charge in [0.15, 0.2) is 5.13 Å². The number of halogens is 1. The highest BCUT2D eigenvalue weighted by Gasteiger charge is 2.23. The quantitative estimate of drug-likeness (QED) is 0.489. The van der Waals surface area contributed by atoms with Gasteiger partial charge in [-0.15, -0.1) is 11.8 Å². The predicted octanol–water partition coefficient (Wildman–Crippen LogP) is 5.27. The second-order valence-electron chi connectivity index (χ2n) is 6.42. The van der Waals surface area contributed by atoms with Crippen LogP contribution >= 0.6 is 34.7 Å². The molecule has 0 aliphatic carbocycles. The van der Waals surface area contributed by atoms with Crippen molar-refractivity contribution in [1.82, 2.24) is 9.88 Å². The molecule has 2 aromatic carbocycles. The first-order chi connectivity index (χ1) is 13.0. The molecule has 3 rings (SSSR count). The van der Waals surface area contributed by atoms with Gasteiger partial charge < -0.3 is 4.90 Å². The molecular weight excluding hydrogens is 398 g/mol. The molecule has 3 aromatic rings. The van der Waals surface area contributed by atoms with Crippen LogP contribution in [0.25, 0.3) is 10.2 Å². The molecule has 0 aliphatic heterocycles. The Morgan fingerprint density at radius 3 is 2.70 bits per heavy atom. The lowest BCUT2D eigenvalue weighted by molar-refractivity contribution is 0.0983. The molecule has 0 bridgehead atoms. The van der Waals surface area contributed by atoms with E-state index < -0.39 is 0 Å². The Hall–Kier alpha value is -1.60. The van der Waals surface area contributed by atoms with Gasteiger partial charge in [0.05, 0.1) is 15.8 Å². The Morgan fingerprint density at radius 1 is 1.19 bits per heavy atom. The molecule has 0 fully saturated rings. The first-order valence-corrected chi connectivity index (χ1v) is 11.1. The molecular formula is C20H22ClN3OS2. The smallest absolute Gasteiger partial charge is 0.261 e. The van der Waals surface area contributed by atoms with Gasteiger partial charge in [-0.1, -0.05) is 35.1 Å². The van der Waals surface area contributed by atoms with Crippen molar-refractivity contribution in [1.29, 1.82) is 0 Å². The summed E-state index contributed by atoms with van der Waals surface area (Å²) in [6.07, 6.45) is 2.86. The zero-order valence-electron chi connectivity index (χ0n) is 15.6. The number of carbonyl (C=O) groups excluding carboxylic acids is 1. The van der Waals surface area contributed by atoms with E-state index in [0.717, 1.165) is 28.1 Å². The van der Waals surface area contributed by atoms with Crippen molar-refractivity contribution in [3.05, 3.63) is 53.1 Å². The Bertz CT molecular complexity index is 942. The fraction of sp³-hybridized carbons (Fsp3) is 0.300. The van der Waals surface area contributed by atoms with E-state index in [-0.39, 0.29) is 5.91 Å². The van der Waals surface area contributed by atoms with Gasteiger partial charge in [0.2, 0.25) is 0 Å². The maximum atomic E-state index is 13.4. The van der Waals surface area contributed by atoms with E-state index in [9.17, 15) is 4.79 Å². The van der Waals surface area contributed by atoms with E-state index in [2.05, 4.69) is 4.90 Å². The molecule has 0 spiro atoms. The van der Waals surface area contributed by atoms with Gasteiger partial charge >= 0.3 is 0 Å². The first-order valence-electron chi connectivity index (χ1n) is 8.65. The molecule has 4 nitrogen and oxygen atoms in total. The van der Waals surface area contributed by atoms with E-state index >= 15 is 0 Å². The largest absolute Gasteiger partial charge is 0.309 e. The topological polar surface area (TPSA) is 36.4 Å². The number of thiazole rings is 1. The highest BCUT2D eigenvalue weighted by Crippen LogP contribution is 2.32. The summed E-state index contributed by atoms with van der Waals surface area (Å²) in [4.78, 5) is 23.0. The molecule has 27 heavy (non-hydrogen) atoms. The summed E-state index contributed by atoms with van der Waals surface area (Å²) < 4.78 is 0.987. The summed E-state index contributed by atoms with van der Waals surface area (Å²) in [6, 6.07) is 13.4. The predicted molar refractivity (Wildman–Crippen MR) is 118 cm³/mol. The van der Waals surface area contributed by atoms with Gasteiger partial charge in [-0.3, -0.25) is 9.69 Å². The van der Waals surface area contributed by atoms with Crippen LogP contribution in [0.15, 0.2) is 47.4 Å². The van der Waals surface area contributed by atoms with Crippen LogP contribution in [-0.4, -0.2) is 49.2 Å². The van der Waals surface area contributed by atoms with Crippen molar-refractivity contribution in [3.63, 3.8) is 0 Å². The summed E-state index contributed by atoms with van der Waals surface area (Å²) >= 11 is 9.20. The van der Waals surface area contributed by atoms with Crippen LogP contribution in [0.1, 0.15) is 16.8 Å². The summed E-state index contributed by atoms with van der Waals surface area (Å²) in [6.45, 7) is 1.53. The van der Waals surface area contributed by atoms with Crippen molar-refractivity contribution in [2.75, 3.05) is 38.3 Å². The second-order valence-corrected chi connectivity index (χ2v) is 8.72. The lowest BCUT2D eigenvalue weighted by atomic mass is 10.2. The number of anilines is 1. The molecule has 0 radical (unpaired) electrons. The van der Waals surface area contributed by atoms with Crippen LogP contribution in [0, 0.1) is 0 Å². The number of benzene rings is 2. The molecule has 0 aliphatic rings. The maximum Gasteiger partial charge on any atom is 0.261 e. The Morgan fingerprint density at radius 2 is 1.96 bits per heavy atom. The number of rotatable bonds is 7. The Kier molecular flexibility index (Phi) is 6.76. The molecule has 1 aromatic heterocycles. The highest BCUT2D eigenvalue weighted by molar-refractivity contribution is 7.98. The summed E-state index contributed by atoms with van der Waals surface area (Å²) in [5, 5.41) is 1.39. The fourth-order valence-electron chi connectivity index (χ4n) is 2.80. The molecule has 0 saturated heterocycles.